The van der Waals surface area contributed by atoms with Crippen molar-refractivity contribution in [3.05, 3.63) is 41.6 Å². The zero-order valence-electron chi connectivity index (χ0n) is 10.3. The average Bonchev–Trinajstić information content (AvgIpc) is 3.03. The van der Waals surface area contributed by atoms with Crippen molar-refractivity contribution in [2.45, 2.75) is 27.2 Å². The Morgan fingerprint density at radius 2 is 1.94 bits per heavy atom. The molecule has 1 heteroatoms. The predicted octanol–water partition coefficient (Wildman–Crippen LogP) is 4.16. The van der Waals surface area contributed by atoms with Crippen LogP contribution in [-0.2, 0) is 0 Å². The van der Waals surface area contributed by atoms with Crippen LogP contribution in [0.5, 0.6) is 0 Å². The summed E-state index contributed by atoms with van der Waals surface area (Å²) in [5.41, 5.74) is 3.90. The zero-order chi connectivity index (χ0) is 11.5. The lowest BCUT2D eigenvalue weighted by molar-refractivity contribution is 0.848. The lowest BCUT2D eigenvalue weighted by Gasteiger charge is -2.07. The van der Waals surface area contributed by atoms with Gasteiger partial charge in [-0.25, -0.2) is 0 Å². The number of rotatable bonds is 3. The molecule has 16 heavy (non-hydrogen) atoms. The number of aliphatic imine (C=N–C) groups is 1. The summed E-state index contributed by atoms with van der Waals surface area (Å²) in [5.74, 6) is 1.48. The van der Waals surface area contributed by atoms with E-state index in [1.165, 1.54) is 23.3 Å². The Labute approximate surface area is 97.9 Å². The number of hydrogen-bond acceptors (Lipinski definition) is 1. The number of hydrogen-bond donors (Lipinski definition) is 0. The molecule has 1 aromatic carbocycles. The molecule has 1 unspecified atom stereocenters. The van der Waals surface area contributed by atoms with E-state index in [0.29, 0.717) is 5.92 Å². The van der Waals surface area contributed by atoms with E-state index in [-0.39, 0.29) is 0 Å². The fourth-order valence-corrected chi connectivity index (χ4v) is 2.15. The average molecular weight is 213 g/mol. The van der Waals surface area contributed by atoms with Crippen molar-refractivity contribution in [3.8, 4) is 0 Å². The molecular formula is C15H19N. The van der Waals surface area contributed by atoms with Crippen molar-refractivity contribution < 1.29 is 0 Å². The topological polar surface area (TPSA) is 12.4 Å². The molecule has 1 saturated carbocycles. The summed E-state index contributed by atoms with van der Waals surface area (Å²) >= 11 is 0. The highest BCUT2D eigenvalue weighted by molar-refractivity contribution is 5.70. The molecule has 0 spiro atoms. The van der Waals surface area contributed by atoms with Gasteiger partial charge in [0.1, 0.15) is 0 Å². The molecule has 84 valence electrons. The van der Waals surface area contributed by atoms with E-state index in [9.17, 15) is 0 Å². The van der Waals surface area contributed by atoms with Crippen LogP contribution in [0.1, 0.15) is 32.8 Å². The van der Waals surface area contributed by atoms with Crippen LogP contribution in [0.25, 0.3) is 5.57 Å². The molecule has 1 aliphatic rings. The van der Waals surface area contributed by atoms with Gasteiger partial charge >= 0.3 is 0 Å². The Balaban J connectivity index is 2.36. The van der Waals surface area contributed by atoms with Crippen molar-refractivity contribution in [2.24, 2.45) is 16.8 Å². The third-order valence-electron chi connectivity index (χ3n) is 3.32. The second-order valence-corrected chi connectivity index (χ2v) is 4.58. The first-order chi connectivity index (χ1) is 7.74. The molecule has 2 rings (SSSR count). The normalized spacial score (nSPS) is 25.7. The van der Waals surface area contributed by atoms with Gasteiger partial charge in [-0.15, -0.1) is 0 Å². The van der Waals surface area contributed by atoms with E-state index >= 15 is 0 Å². The van der Waals surface area contributed by atoms with Crippen LogP contribution in [0.2, 0.25) is 0 Å². The van der Waals surface area contributed by atoms with Crippen LogP contribution < -0.4 is 0 Å². The van der Waals surface area contributed by atoms with Gasteiger partial charge in [-0.1, -0.05) is 37.3 Å². The highest BCUT2D eigenvalue weighted by atomic mass is 14.8. The molecule has 0 radical (unpaired) electrons. The lowest BCUT2D eigenvalue weighted by Crippen LogP contribution is -1.91. The fraction of sp³-hybridized carbons (Fsp3) is 0.400. The Hall–Kier alpha value is -1.37. The third-order valence-corrected chi connectivity index (χ3v) is 3.32. The minimum absolute atomic E-state index is 0.677. The van der Waals surface area contributed by atoms with E-state index in [0.717, 1.165) is 5.92 Å². The fourth-order valence-electron chi connectivity index (χ4n) is 2.15. The second kappa shape index (κ2) is 4.65. The van der Waals surface area contributed by atoms with Crippen molar-refractivity contribution in [3.63, 3.8) is 0 Å². The predicted molar refractivity (Wildman–Crippen MR) is 70.5 cm³/mol. The molecule has 0 saturated heterocycles. The van der Waals surface area contributed by atoms with Crippen molar-refractivity contribution in [1.29, 1.82) is 0 Å². The maximum Gasteiger partial charge on any atom is 0.0468 e. The van der Waals surface area contributed by atoms with Crippen molar-refractivity contribution >= 4 is 11.8 Å². The first-order valence-corrected chi connectivity index (χ1v) is 5.99. The van der Waals surface area contributed by atoms with Gasteiger partial charge in [0.05, 0.1) is 0 Å². The molecule has 1 fully saturated rings. The molecule has 2 atom stereocenters. The number of allylic oxidation sites excluding steroid dienone is 2. The quantitative estimate of drug-likeness (QED) is 0.668. The second-order valence-electron chi connectivity index (χ2n) is 4.58. The third kappa shape index (κ3) is 2.24. The maximum atomic E-state index is 4.57. The van der Waals surface area contributed by atoms with E-state index in [1.807, 2.05) is 13.1 Å². The summed E-state index contributed by atoms with van der Waals surface area (Å²) < 4.78 is 0. The highest BCUT2D eigenvalue weighted by Crippen LogP contribution is 2.46. The van der Waals surface area contributed by atoms with Crippen LogP contribution in [-0.4, -0.2) is 6.21 Å². The Kier molecular flexibility index (Phi) is 3.23. The molecule has 0 aromatic heterocycles. The van der Waals surface area contributed by atoms with E-state index in [2.05, 4.69) is 49.2 Å². The SMILES string of the molecule is CC=N/C(=C(\C)c1ccccc1)C1C[C@H]1C. The van der Waals surface area contributed by atoms with Gasteiger partial charge in [0.2, 0.25) is 0 Å². The summed E-state index contributed by atoms with van der Waals surface area (Å²) in [5, 5.41) is 0. The van der Waals surface area contributed by atoms with Crippen LogP contribution in [0.15, 0.2) is 41.0 Å². The lowest BCUT2D eigenvalue weighted by atomic mass is 10.0. The van der Waals surface area contributed by atoms with Gasteiger partial charge in [0, 0.05) is 17.8 Å². The minimum atomic E-state index is 0.677. The van der Waals surface area contributed by atoms with Crippen LogP contribution >= 0.6 is 0 Å². The zero-order valence-corrected chi connectivity index (χ0v) is 10.3. The monoisotopic (exact) mass is 213 g/mol. The molecule has 0 aliphatic heterocycles. The van der Waals surface area contributed by atoms with E-state index in [1.54, 1.807) is 0 Å². The number of benzene rings is 1. The first kappa shape index (κ1) is 11.1. The molecule has 0 bridgehead atoms. The molecule has 0 heterocycles. The van der Waals surface area contributed by atoms with Crippen molar-refractivity contribution in [2.75, 3.05) is 0 Å². The van der Waals surface area contributed by atoms with Gasteiger partial charge in [0.25, 0.3) is 0 Å². The molecule has 1 aromatic rings. The standard InChI is InChI=1S/C15H19N/c1-4-16-15(14-10-11(14)2)12(3)13-8-6-5-7-9-13/h4-9,11,14H,10H2,1-3H3/b15-12+,16-4?/t11-,14?/m1/s1. The maximum absolute atomic E-state index is 4.57. The summed E-state index contributed by atoms with van der Waals surface area (Å²) in [7, 11) is 0. The first-order valence-electron chi connectivity index (χ1n) is 5.99. The van der Waals surface area contributed by atoms with Gasteiger partial charge in [0.15, 0.2) is 0 Å². The summed E-state index contributed by atoms with van der Waals surface area (Å²) in [6.07, 6.45) is 3.20. The molecular weight excluding hydrogens is 194 g/mol. The minimum Gasteiger partial charge on any atom is -0.265 e. The van der Waals surface area contributed by atoms with Crippen LogP contribution in [0, 0.1) is 11.8 Å². The Morgan fingerprint density at radius 1 is 1.31 bits per heavy atom. The largest absolute Gasteiger partial charge is 0.265 e. The molecule has 0 N–H and O–H groups in total. The smallest absolute Gasteiger partial charge is 0.0468 e. The van der Waals surface area contributed by atoms with E-state index < -0.39 is 0 Å². The van der Waals surface area contributed by atoms with Crippen LogP contribution in [0.4, 0.5) is 0 Å². The Bertz CT molecular complexity index is 414. The van der Waals surface area contributed by atoms with Crippen LogP contribution in [0.3, 0.4) is 0 Å². The Morgan fingerprint density at radius 3 is 2.44 bits per heavy atom. The molecule has 1 nitrogen and oxygen atoms in total. The summed E-state index contributed by atoms with van der Waals surface area (Å²) in [6.45, 7) is 6.47. The van der Waals surface area contributed by atoms with Gasteiger partial charge in [-0.05, 0) is 37.3 Å². The summed E-state index contributed by atoms with van der Waals surface area (Å²) in [6, 6.07) is 10.5. The number of nitrogens with zero attached hydrogens (tertiary/aromatic N) is 1. The van der Waals surface area contributed by atoms with Crippen molar-refractivity contribution in [1.82, 2.24) is 0 Å². The summed E-state index contributed by atoms with van der Waals surface area (Å²) in [4.78, 5) is 4.57. The van der Waals surface area contributed by atoms with Gasteiger partial charge in [-0.3, -0.25) is 4.99 Å². The molecule has 1 aliphatic carbocycles. The molecule has 0 amide bonds. The highest BCUT2D eigenvalue weighted by Gasteiger charge is 2.36. The van der Waals surface area contributed by atoms with Gasteiger partial charge in [-0.2, -0.15) is 0 Å². The van der Waals surface area contributed by atoms with Gasteiger partial charge < -0.3 is 0 Å². The van der Waals surface area contributed by atoms with E-state index in [4.69, 9.17) is 0 Å².